The Morgan fingerprint density at radius 3 is 2.63 bits per heavy atom. The first kappa shape index (κ1) is 14.4. The Morgan fingerprint density at radius 1 is 1.37 bits per heavy atom. The van der Waals surface area contributed by atoms with Crippen molar-refractivity contribution >= 4 is 17.5 Å². The molecule has 1 fully saturated rings. The fourth-order valence-corrected chi connectivity index (χ4v) is 2.74. The molecule has 1 saturated heterocycles. The monoisotopic (exact) mass is 283 g/mol. The molecule has 0 atom stereocenters. The van der Waals surface area contributed by atoms with Crippen LogP contribution < -0.4 is 0 Å². The number of rotatable bonds is 2. The molecule has 1 amide bonds. The number of amides is 1. The van der Waals surface area contributed by atoms with E-state index in [1.807, 2.05) is 18.9 Å². The second kappa shape index (κ2) is 5.16. The highest BCUT2D eigenvalue weighted by atomic mass is 35.5. The Hall–Kier alpha value is -1.03. The third-order valence-corrected chi connectivity index (χ3v) is 4.52. The second-order valence-electron chi connectivity index (χ2n) is 6.21. The summed E-state index contributed by atoms with van der Waals surface area (Å²) in [5.74, 6) is 0.227. The lowest BCUT2D eigenvalue weighted by molar-refractivity contribution is -0.131. The molecule has 0 saturated carbocycles. The third kappa shape index (κ3) is 3.11. The fourth-order valence-electron chi connectivity index (χ4n) is 2.50. The first-order valence-corrected chi connectivity index (χ1v) is 7.14. The predicted molar refractivity (Wildman–Crippen MR) is 76.0 cm³/mol. The number of aryl methyl sites for hydroxylation is 2. The summed E-state index contributed by atoms with van der Waals surface area (Å²) in [6.07, 6.45) is 2.63. The highest BCUT2D eigenvalue weighted by molar-refractivity contribution is 6.30. The third-order valence-electron chi connectivity index (χ3n) is 4.05. The van der Waals surface area contributed by atoms with Gasteiger partial charge in [-0.15, -0.1) is 0 Å². The number of nitrogens with zero attached hydrogens (tertiary/aromatic N) is 3. The minimum absolute atomic E-state index is 0.227. The molecule has 2 rings (SSSR count). The van der Waals surface area contributed by atoms with Crippen molar-refractivity contribution in [2.24, 2.45) is 12.5 Å². The standard InChI is InChI=1S/C14H22ClN3O/c1-10-11(13(15)17(4)16-10)9-18-8-7-14(2,3)6-5-12(18)19/h5-9H2,1-4H3. The van der Waals surface area contributed by atoms with Crippen molar-refractivity contribution in [1.82, 2.24) is 14.7 Å². The van der Waals surface area contributed by atoms with Crippen molar-refractivity contribution < 1.29 is 4.79 Å². The molecule has 1 aromatic heterocycles. The van der Waals surface area contributed by atoms with Crippen molar-refractivity contribution in [2.45, 2.75) is 46.6 Å². The van der Waals surface area contributed by atoms with E-state index in [0.29, 0.717) is 18.1 Å². The molecule has 1 aromatic rings. The van der Waals surface area contributed by atoms with E-state index in [9.17, 15) is 4.79 Å². The molecule has 2 heterocycles. The lowest BCUT2D eigenvalue weighted by atomic mass is 9.85. The SMILES string of the molecule is Cc1nn(C)c(Cl)c1CN1CCC(C)(C)CCC1=O. The van der Waals surface area contributed by atoms with Crippen LogP contribution in [0.4, 0.5) is 0 Å². The van der Waals surface area contributed by atoms with Gasteiger partial charge in [0.05, 0.1) is 12.2 Å². The van der Waals surface area contributed by atoms with Gasteiger partial charge in [0, 0.05) is 25.6 Å². The predicted octanol–water partition coefficient (Wildman–Crippen LogP) is 2.92. The van der Waals surface area contributed by atoms with Crippen molar-refractivity contribution in [3.05, 3.63) is 16.4 Å². The van der Waals surface area contributed by atoms with Crippen LogP contribution in [-0.2, 0) is 18.4 Å². The lowest BCUT2D eigenvalue weighted by Crippen LogP contribution is -2.30. The van der Waals surface area contributed by atoms with Gasteiger partial charge in [-0.05, 0) is 25.2 Å². The molecule has 19 heavy (non-hydrogen) atoms. The average molecular weight is 284 g/mol. The van der Waals surface area contributed by atoms with Gasteiger partial charge in [0.1, 0.15) is 5.15 Å². The van der Waals surface area contributed by atoms with Gasteiger partial charge in [0.25, 0.3) is 0 Å². The maximum absolute atomic E-state index is 12.2. The molecule has 1 aliphatic heterocycles. The van der Waals surface area contributed by atoms with Gasteiger partial charge < -0.3 is 4.90 Å². The van der Waals surface area contributed by atoms with Crippen LogP contribution in [0.1, 0.15) is 44.4 Å². The fraction of sp³-hybridized carbons (Fsp3) is 0.714. The summed E-state index contributed by atoms with van der Waals surface area (Å²) in [6.45, 7) is 7.77. The summed E-state index contributed by atoms with van der Waals surface area (Å²) in [6, 6.07) is 0. The van der Waals surface area contributed by atoms with Crippen molar-refractivity contribution in [1.29, 1.82) is 0 Å². The van der Waals surface area contributed by atoms with Crippen LogP contribution in [0.2, 0.25) is 5.15 Å². The number of aromatic nitrogens is 2. The molecule has 0 aromatic carbocycles. The van der Waals surface area contributed by atoms with E-state index in [1.54, 1.807) is 4.68 Å². The Morgan fingerprint density at radius 2 is 2.05 bits per heavy atom. The van der Waals surface area contributed by atoms with Gasteiger partial charge >= 0.3 is 0 Å². The van der Waals surface area contributed by atoms with Crippen LogP contribution in [0.15, 0.2) is 0 Å². The molecule has 0 bridgehead atoms. The van der Waals surface area contributed by atoms with Crippen molar-refractivity contribution in [3.63, 3.8) is 0 Å². The van der Waals surface area contributed by atoms with Gasteiger partial charge in [0.15, 0.2) is 0 Å². The number of hydrogen-bond acceptors (Lipinski definition) is 2. The smallest absolute Gasteiger partial charge is 0.222 e. The van der Waals surface area contributed by atoms with E-state index in [4.69, 9.17) is 11.6 Å². The minimum atomic E-state index is 0.227. The van der Waals surface area contributed by atoms with Gasteiger partial charge in [0.2, 0.25) is 5.91 Å². The Kier molecular flexibility index (Phi) is 3.90. The summed E-state index contributed by atoms with van der Waals surface area (Å²) < 4.78 is 1.67. The molecule has 0 unspecified atom stereocenters. The zero-order valence-electron chi connectivity index (χ0n) is 12.2. The normalized spacial score (nSPS) is 19.6. The number of hydrogen-bond donors (Lipinski definition) is 0. The van der Waals surface area contributed by atoms with Crippen LogP contribution in [0, 0.1) is 12.3 Å². The molecule has 0 N–H and O–H groups in total. The first-order valence-electron chi connectivity index (χ1n) is 6.76. The molecule has 0 radical (unpaired) electrons. The van der Waals surface area contributed by atoms with E-state index >= 15 is 0 Å². The van der Waals surface area contributed by atoms with Gasteiger partial charge in [-0.2, -0.15) is 5.10 Å². The minimum Gasteiger partial charge on any atom is -0.338 e. The first-order chi connectivity index (χ1) is 8.80. The highest BCUT2D eigenvalue weighted by Gasteiger charge is 2.28. The number of likely N-dealkylation sites (tertiary alicyclic amines) is 1. The van der Waals surface area contributed by atoms with E-state index < -0.39 is 0 Å². The lowest BCUT2D eigenvalue weighted by Gasteiger charge is -2.23. The van der Waals surface area contributed by atoms with Crippen molar-refractivity contribution in [2.75, 3.05) is 6.54 Å². The molecule has 5 heteroatoms. The summed E-state index contributed by atoms with van der Waals surface area (Å²) in [5, 5.41) is 4.93. The van der Waals surface area contributed by atoms with Gasteiger partial charge in [-0.1, -0.05) is 25.4 Å². The van der Waals surface area contributed by atoms with Gasteiger partial charge in [-0.25, -0.2) is 0 Å². The Labute approximate surface area is 119 Å². The molecule has 1 aliphatic rings. The van der Waals surface area contributed by atoms with Crippen LogP contribution >= 0.6 is 11.6 Å². The second-order valence-corrected chi connectivity index (χ2v) is 6.57. The van der Waals surface area contributed by atoms with Crippen LogP contribution in [-0.4, -0.2) is 27.1 Å². The van der Waals surface area contributed by atoms with E-state index in [-0.39, 0.29) is 11.3 Å². The summed E-state index contributed by atoms with van der Waals surface area (Å²) >= 11 is 6.24. The molecule has 0 aliphatic carbocycles. The number of carbonyl (C=O) groups is 1. The Balaban J connectivity index is 2.16. The van der Waals surface area contributed by atoms with Crippen molar-refractivity contribution in [3.8, 4) is 0 Å². The van der Waals surface area contributed by atoms with Crippen LogP contribution in [0.3, 0.4) is 0 Å². The summed E-state index contributed by atoms with van der Waals surface area (Å²) in [7, 11) is 1.83. The molecular formula is C14H22ClN3O. The summed E-state index contributed by atoms with van der Waals surface area (Å²) in [5.41, 5.74) is 2.12. The zero-order valence-corrected chi connectivity index (χ0v) is 12.9. The quantitative estimate of drug-likeness (QED) is 0.837. The molecule has 4 nitrogen and oxygen atoms in total. The van der Waals surface area contributed by atoms with E-state index in [2.05, 4.69) is 18.9 Å². The van der Waals surface area contributed by atoms with Crippen LogP contribution in [0.25, 0.3) is 0 Å². The van der Waals surface area contributed by atoms with E-state index in [1.165, 1.54) is 0 Å². The molecular weight excluding hydrogens is 262 g/mol. The molecule has 0 spiro atoms. The number of carbonyl (C=O) groups excluding carboxylic acids is 1. The Bertz CT molecular complexity index is 493. The maximum Gasteiger partial charge on any atom is 0.222 e. The topological polar surface area (TPSA) is 38.1 Å². The maximum atomic E-state index is 12.2. The zero-order chi connectivity index (χ0) is 14.2. The average Bonchev–Trinajstić information content (AvgIpc) is 2.48. The number of halogens is 1. The summed E-state index contributed by atoms with van der Waals surface area (Å²) in [4.78, 5) is 14.1. The van der Waals surface area contributed by atoms with E-state index in [0.717, 1.165) is 30.6 Å². The molecule has 106 valence electrons. The largest absolute Gasteiger partial charge is 0.338 e. The van der Waals surface area contributed by atoms with Crippen LogP contribution in [0.5, 0.6) is 0 Å². The van der Waals surface area contributed by atoms with Gasteiger partial charge in [-0.3, -0.25) is 9.48 Å². The highest BCUT2D eigenvalue weighted by Crippen LogP contribution is 2.31.